The summed E-state index contributed by atoms with van der Waals surface area (Å²) in [5.74, 6) is -2.15. The number of nitrogens with one attached hydrogen (secondary N) is 2. The lowest BCUT2D eigenvalue weighted by atomic mass is 10.3. The molecular formula is C14H14F2N2O2S. The van der Waals surface area contributed by atoms with Crippen molar-refractivity contribution in [2.75, 3.05) is 16.6 Å². The highest BCUT2D eigenvalue weighted by atomic mass is 32.2. The molecule has 21 heavy (non-hydrogen) atoms. The number of rotatable bonds is 5. The minimum absolute atomic E-state index is 0.0385. The van der Waals surface area contributed by atoms with Crippen molar-refractivity contribution in [2.24, 2.45) is 0 Å². The Morgan fingerprint density at radius 2 is 1.76 bits per heavy atom. The topological polar surface area (TPSA) is 58.2 Å². The number of hydrogen-bond donors (Lipinski definition) is 2. The molecule has 0 aromatic heterocycles. The Morgan fingerprint density at radius 3 is 2.43 bits per heavy atom. The van der Waals surface area contributed by atoms with Crippen molar-refractivity contribution >= 4 is 21.4 Å². The SMILES string of the molecule is CCNc1ccccc1S(=O)(=O)Nc1ccc(F)c(F)c1. The van der Waals surface area contributed by atoms with Gasteiger partial charge in [-0.15, -0.1) is 0 Å². The van der Waals surface area contributed by atoms with Gasteiger partial charge < -0.3 is 5.32 Å². The molecule has 0 fully saturated rings. The molecule has 0 aliphatic rings. The first-order chi connectivity index (χ1) is 9.94. The molecule has 0 aliphatic heterocycles. The van der Waals surface area contributed by atoms with Crippen molar-refractivity contribution in [3.8, 4) is 0 Å². The van der Waals surface area contributed by atoms with Crippen molar-refractivity contribution in [2.45, 2.75) is 11.8 Å². The summed E-state index contributed by atoms with van der Waals surface area (Å²) in [7, 11) is -3.90. The normalized spacial score (nSPS) is 11.2. The molecule has 0 bridgehead atoms. The number of hydrogen-bond acceptors (Lipinski definition) is 3. The first kappa shape index (κ1) is 15.2. The highest BCUT2D eigenvalue weighted by Gasteiger charge is 2.18. The van der Waals surface area contributed by atoms with Crippen LogP contribution in [0.2, 0.25) is 0 Å². The number of halogens is 2. The maximum absolute atomic E-state index is 13.1. The fraction of sp³-hybridized carbons (Fsp3) is 0.143. The Balaban J connectivity index is 2.36. The molecular weight excluding hydrogens is 298 g/mol. The Bertz CT molecular complexity index is 748. The van der Waals surface area contributed by atoms with E-state index in [2.05, 4.69) is 10.0 Å². The molecule has 2 aromatic carbocycles. The predicted molar refractivity (Wildman–Crippen MR) is 77.8 cm³/mol. The van der Waals surface area contributed by atoms with Gasteiger partial charge in [0.05, 0.1) is 11.4 Å². The van der Waals surface area contributed by atoms with Crippen LogP contribution in [0.1, 0.15) is 6.92 Å². The summed E-state index contributed by atoms with van der Waals surface area (Å²) in [5.41, 5.74) is 0.398. The van der Waals surface area contributed by atoms with Gasteiger partial charge in [0.2, 0.25) is 0 Å². The smallest absolute Gasteiger partial charge is 0.263 e. The maximum Gasteiger partial charge on any atom is 0.263 e. The van der Waals surface area contributed by atoms with E-state index in [0.717, 1.165) is 18.2 Å². The first-order valence-electron chi connectivity index (χ1n) is 6.25. The second kappa shape index (κ2) is 6.09. The van der Waals surface area contributed by atoms with Crippen LogP contribution in [0.25, 0.3) is 0 Å². The average Bonchev–Trinajstić information content (AvgIpc) is 2.43. The van der Waals surface area contributed by atoms with Gasteiger partial charge in [0.15, 0.2) is 11.6 Å². The Kier molecular flexibility index (Phi) is 4.42. The minimum atomic E-state index is -3.90. The van der Waals surface area contributed by atoms with E-state index in [1.54, 1.807) is 18.2 Å². The van der Waals surface area contributed by atoms with Crippen molar-refractivity contribution in [1.29, 1.82) is 0 Å². The summed E-state index contributed by atoms with van der Waals surface area (Å²) < 4.78 is 52.9. The molecule has 0 heterocycles. The molecule has 0 aliphatic carbocycles. The van der Waals surface area contributed by atoms with Crippen molar-refractivity contribution < 1.29 is 17.2 Å². The predicted octanol–water partition coefficient (Wildman–Crippen LogP) is 3.20. The Labute approximate surface area is 121 Å². The van der Waals surface area contributed by atoms with Gasteiger partial charge in [-0.3, -0.25) is 4.72 Å². The lowest BCUT2D eigenvalue weighted by molar-refractivity contribution is 0.509. The van der Waals surface area contributed by atoms with Gasteiger partial charge in [0.1, 0.15) is 4.90 Å². The van der Waals surface area contributed by atoms with Crippen LogP contribution in [0.3, 0.4) is 0 Å². The fourth-order valence-electron chi connectivity index (χ4n) is 1.81. The van der Waals surface area contributed by atoms with Crippen LogP contribution in [-0.4, -0.2) is 15.0 Å². The molecule has 2 rings (SSSR count). The summed E-state index contributed by atoms with van der Waals surface area (Å²) >= 11 is 0. The van der Waals surface area contributed by atoms with Crippen molar-refractivity contribution in [1.82, 2.24) is 0 Å². The van der Waals surface area contributed by atoms with E-state index in [4.69, 9.17) is 0 Å². The standard InChI is InChI=1S/C14H14F2N2O2S/c1-2-17-13-5-3-4-6-14(13)21(19,20)18-10-7-8-11(15)12(16)9-10/h3-9,17-18H,2H2,1H3. The van der Waals surface area contributed by atoms with Crippen molar-refractivity contribution in [3.05, 3.63) is 54.1 Å². The van der Waals surface area contributed by atoms with Gasteiger partial charge >= 0.3 is 0 Å². The second-order valence-corrected chi connectivity index (χ2v) is 5.91. The van der Waals surface area contributed by atoms with E-state index in [9.17, 15) is 17.2 Å². The molecule has 0 saturated carbocycles. The summed E-state index contributed by atoms with van der Waals surface area (Å²) in [4.78, 5) is 0.0385. The van der Waals surface area contributed by atoms with Crippen molar-refractivity contribution in [3.63, 3.8) is 0 Å². The molecule has 112 valence electrons. The molecule has 0 radical (unpaired) electrons. The Morgan fingerprint density at radius 1 is 1.05 bits per heavy atom. The lowest BCUT2D eigenvalue weighted by Gasteiger charge is -2.13. The van der Waals surface area contributed by atoms with Gasteiger partial charge in [-0.25, -0.2) is 17.2 Å². The quantitative estimate of drug-likeness (QED) is 0.891. The largest absolute Gasteiger partial charge is 0.384 e. The van der Waals surface area contributed by atoms with E-state index in [-0.39, 0.29) is 10.6 Å². The number of sulfonamides is 1. The first-order valence-corrected chi connectivity index (χ1v) is 7.73. The van der Waals surface area contributed by atoms with Gasteiger partial charge in [-0.1, -0.05) is 12.1 Å². The highest BCUT2D eigenvalue weighted by Crippen LogP contribution is 2.24. The molecule has 0 atom stereocenters. The van der Waals surface area contributed by atoms with Gasteiger partial charge in [0.25, 0.3) is 10.0 Å². The highest BCUT2D eigenvalue weighted by molar-refractivity contribution is 7.92. The molecule has 0 saturated heterocycles. The summed E-state index contributed by atoms with van der Waals surface area (Å²) in [6.07, 6.45) is 0. The molecule has 0 unspecified atom stereocenters. The summed E-state index contributed by atoms with van der Waals surface area (Å²) in [6.45, 7) is 2.39. The maximum atomic E-state index is 13.1. The average molecular weight is 312 g/mol. The molecule has 0 amide bonds. The third-order valence-corrected chi connectivity index (χ3v) is 4.16. The van der Waals surface area contributed by atoms with Crippen LogP contribution in [0.4, 0.5) is 20.2 Å². The monoisotopic (exact) mass is 312 g/mol. The zero-order valence-electron chi connectivity index (χ0n) is 11.2. The van der Waals surface area contributed by atoms with E-state index >= 15 is 0 Å². The second-order valence-electron chi connectivity index (χ2n) is 4.26. The number of benzene rings is 2. The van der Waals surface area contributed by atoms with Gasteiger partial charge in [-0.2, -0.15) is 0 Å². The zero-order chi connectivity index (χ0) is 15.5. The third kappa shape index (κ3) is 3.49. The van der Waals surface area contributed by atoms with Crippen LogP contribution in [0, 0.1) is 11.6 Å². The molecule has 2 aromatic rings. The Hall–Kier alpha value is -2.15. The molecule has 7 heteroatoms. The molecule has 0 spiro atoms. The molecule has 2 N–H and O–H groups in total. The van der Waals surface area contributed by atoms with Crippen LogP contribution in [0.15, 0.2) is 47.4 Å². The third-order valence-electron chi connectivity index (χ3n) is 2.72. The van der Waals surface area contributed by atoms with Crippen LogP contribution >= 0.6 is 0 Å². The minimum Gasteiger partial charge on any atom is -0.384 e. The summed E-state index contributed by atoms with van der Waals surface area (Å²) in [6, 6.07) is 9.16. The van der Waals surface area contributed by atoms with E-state index in [1.165, 1.54) is 6.07 Å². The zero-order valence-corrected chi connectivity index (χ0v) is 12.0. The van der Waals surface area contributed by atoms with Gasteiger partial charge in [0, 0.05) is 12.6 Å². The van der Waals surface area contributed by atoms with Crippen LogP contribution in [-0.2, 0) is 10.0 Å². The van der Waals surface area contributed by atoms with E-state index in [1.807, 2.05) is 6.92 Å². The van der Waals surface area contributed by atoms with Crippen LogP contribution < -0.4 is 10.0 Å². The summed E-state index contributed by atoms with van der Waals surface area (Å²) in [5, 5.41) is 2.94. The van der Waals surface area contributed by atoms with Crippen LogP contribution in [0.5, 0.6) is 0 Å². The number of para-hydroxylation sites is 1. The molecule has 4 nitrogen and oxygen atoms in total. The number of anilines is 2. The van der Waals surface area contributed by atoms with E-state index < -0.39 is 21.7 Å². The van der Waals surface area contributed by atoms with E-state index in [0.29, 0.717) is 12.2 Å². The lowest BCUT2D eigenvalue weighted by Crippen LogP contribution is -2.15. The van der Waals surface area contributed by atoms with Gasteiger partial charge in [-0.05, 0) is 31.2 Å². The fourth-order valence-corrected chi connectivity index (χ4v) is 3.04.